The van der Waals surface area contributed by atoms with Crippen molar-refractivity contribution in [2.24, 2.45) is 10.8 Å². The summed E-state index contributed by atoms with van der Waals surface area (Å²) in [6.07, 6.45) is -1.77. The fourth-order valence-corrected chi connectivity index (χ4v) is 15.0. The van der Waals surface area contributed by atoms with Crippen LogP contribution in [0.25, 0.3) is 21.6 Å². The number of carbonyl (C=O) groups is 11. The van der Waals surface area contributed by atoms with Gasteiger partial charge in [0.05, 0.1) is 81.5 Å². The van der Waals surface area contributed by atoms with Crippen LogP contribution < -0.4 is 77.8 Å². The summed E-state index contributed by atoms with van der Waals surface area (Å²) in [5, 5.41) is 44.3. The predicted molar refractivity (Wildman–Crippen MR) is 512 cm³/mol. The number of nitrogens with one attached hydrogen (secondary N) is 11. The number of unbranched alkanes of at least 4 members (excludes halogenated alkanes) is 1. The van der Waals surface area contributed by atoms with Gasteiger partial charge in [-0.25, -0.2) is 4.39 Å². The SMILES string of the molecule is CCc1cc(OCCCCN=[N+]=[N-])ccc1-c1ccc(C[C@H](NC(=O)[C@H](CC(=O)OC(C)(C)C)NC(=O)[C@H](COC(C)(C)C)NC(=O)[C@@H](NC(=O)[C@](C)(Cc2ccccc2F)NC(=O)[C@@H](NC(=O)CNC(=O)[C@@H](N)Cc2nn[nH]n2)[C@@H](C)OC(C)(C)C)[C@@H](C)OC(C)(C)C)C(=O)N[C@@H](CCCc2cc(C)cc(C)c2)C(=O)NC(c2ccc(OCC(=O)NC)cc2)c2ccc(OC)cc2OC)cc1. The zero-order chi connectivity index (χ0) is 101. The lowest BCUT2D eigenvalue weighted by atomic mass is 9.90. The first kappa shape index (κ1) is 111. The first-order valence-electron chi connectivity index (χ1n) is 45.7. The van der Waals surface area contributed by atoms with Gasteiger partial charge in [0.15, 0.2) is 12.4 Å². The van der Waals surface area contributed by atoms with Crippen LogP contribution in [0.5, 0.6) is 23.0 Å². The largest absolute Gasteiger partial charge is 0.497 e. The number of aryl methyl sites for hydroxylation is 4. The number of hydrogen-bond acceptors (Lipinski definition) is 24. The van der Waals surface area contributed by atoms with E-state index in [1.54, 1.807) is 138 Å². The highest BCUT2D eigenvalue weighted by Gasteiger charge is 2.45. The number of azide groups is 1. The van der Waals surface area contributed by atoms with Crippen molar-refractivity contribution in [3.63, 3.8) is 0 Å². The molecule has 1 aromatic heterocycles. The molecule has 0 radical (unpaired) electrons. The number of esters is 1. The molecule has 0 spiro atoms. The summed E-state index contributed by atoms with van der Waals surface area (Å²) >= 11 is 0. The van der Waals surface area contributed by atoms with Crippen molar-refractivity contribution in [1.29, 1.82) is 0 Å². The van der Waals surface area contributed by atoms with Gasteiger partial charge in [-0.1, -0.05) is 107 Å². The average molecular weight is 1900 g/mol. The fraction of sp³-hybridized carbons (Fsp3) is 0.515. The maximum atomic E-state index is 16.1. The number of rotatable bonds is 51. The summed E-state index contributed by atoms with van der Waals surface area (Å²) in [7, 11) is 4.43. The number of carbonyl (C=O) groups excluding carboxylic acids is 11. The molecule has 1 unspecified atom stereocenters. The van der Waals surface area contributed by atoms with Gasteiger partial charge in [0.25, 0.3) is 5.91 Å². The Hall–Kier alpha value is -13.2. The van der Waals surface area contributed by atoms with Crippen molar-refractivity contribution < 1.29 is 95.0 Å². The van der Waals surface area contributed by atoms with E-state index in [0.717, 1.165) is 39.4 Å². The maximum absolute atomic E-state index is 16.1. The number of nitrogens with zero attached hydrogens (tertiary/aromatic N) is 6. The van der Waals surface area contributed by atoms with E-state index < -0.39 is 179 Å². The van der Waals surface area contributed by atoms with Crippen molar-refractivity contribution in [2.45, 2.75) is 277 Å². The molecule has 1 heterocycles. The van der Waals surface area contributed by atoms with Crippen molar-refractivity contribution in [2.75, 3.05) is 54.2 Å². The van der Waals surface area contributed by atoms with Crippen LogP contribution in [0.1, 0.15) is 199 Å². The third-order valence-electron chi connectivity index (χ3n) is 21.4. The number of H-pyrrole nitrogens is 1. The Kier molecular flexibility index (Phi) is 41.8. The van der Waals surface area contributed by atoms with Crippen molar-refractivity contribution in [3.8, 4) is 34.1 Å². The van der Waals surface area contributed by atoms with Gasteiger partial charge in [-0.05, 0) is 243 Å². The molecule has 0 saturated carbocycles. The number of ether oxygens (including phenoxy) is 8. The Morgan fingerprint density at radius 3 is 1.78 bits per heavy atom. The average Bonchev–Trinajstić information content (AvgIpc) is 0.873. The normalized spacial score (nSPS) is 14.3. The number of aromatic nitrogens is 4. The van der Waals surface area contributed by atoms with Crippen LogP contribution in [-0.4, -0.2) is 222 Å². The summed E-state index contributed by atoms with van der Waals surface area (Å²) in [5.41, 5.74) is 15.2. The standard InChI is InChI=1S/C99H137FN18O19/c1-22-64-50-70(132-45-26-25-44-105-116-102)41-42-71(64)65-34-32-62(33-35-65)49-76(89(124)106-75(31-27-28-63-47-58(2)46-59(3)48-63)88(123)111-86(72-43-40-69(130-20)51-79(72)131-21)66-36-38-68(39-37-66)133-57-82(120)103-19)107-90(125)77(53-83(121)137-98(15,16)17)108-91(126)78(56-134-95(6,7)8)109-92(127)84(60(4)135-96(9,10)11)112-94(129)99(18,54-67-29-23-24-30-73(67)100)113-93(128)85(61(5)136-97(12,13)14)110-81(119)55-104-87(122)74(101)52-80-114-117-118-115-80/h23-24,29-30,32-43,46-48,50-51,60-61,74-78,84-86H,22,25-28,31,44-45,49,52-57,101H2,1-21H3,(H,103,120)(H,104,122)(H,106,124)(H,107,125)(H,108,126)(H,109,127)(H,110,119)(H,111,123)(H,112,129)(H,113,128)(H,114,115,117,118)/t60-,61-,74+,75+,76+,77+,78+,84+,85+,86?,99+/m1/s1. The quantitative estimate of drug-likeness (QED) is 0.00556. The van der Waals surface area contributed by atoms with E-state index in [9.17, 15) is 19.2 Å². The third kappa shape index (κ3) is 37.1. The van der Waals surface area contributed by atoms with Gasteiger partial charge in [-0.3, -0.25) is 52.7 Å². The molecule has 744 valence electrons. The second kappa shape index (κ2) is 51.7. The Morgan fingerprint density at radius 2 is 1.18 bits per heavy atom. The first-order valence-corrected chi connectivity index (χ1v) is 45.7. The fourth-order valence-electron chi connectivity index (χ4n) is 15.0. The van der Waals surface area contributed by atoms with Crippen LogP contribution in [0.4, 0.5) is 4.39 Å². The number of methoxy groups -OCH3 is 2. The lowest BCUT2D eigenvalue weighted by Gasteiger charge is -2.37. The highest BCUT2D eigenvalue weighted by molar-refractivity contribution is 6.00. The Morgan fingerprint density at radius 1 is 0.577 bits per heavy atom. The lowest BCUT2D eigenvalue weighted by Crippen LogP contribution is -2.67. The maximum Gasteiger partial charge on any atom is 0.308 e. The monoisotopic (exact) mass is 1900 g/mol. The number of halogens is 1. The van der Waals surface area contributed by atoms with Gasteiger partial charge in [0.1, 0.15) is 76.2 Å². The molecule has 6 aromatic carbocycles. The minimum absolute atomic E-state index is 0.0121. The second-order valence-electron chi connectivity index (χ2n) is 37.8. The topological polar surface area (TPSA) is 511 Å². The van der Waals surface area contributed by atoms with Crippen molar-refractivity contribution in [1.82, 2.24) is 73.8 Å². The number of amides is 10. The van der Waals surface area contributed by atoms with E-state index in [1.165, 1.54) is 60.2 Å². The van der Waals surface area contributed by atoms with Gasteiger partial charge in [-0.2, -0.15) is 5.21 Å². The molecule has 13 N–H and O–H groups in total. The molecular formula is C99H137FN18O19. The molecule has 0 bridgehead atoms. The van der Waals surface area contributed by atoms with Crippen LogP contribution in [0.2, 0.25) is 0 Å². The van der Waals surface area contributed by atoms with Crippen molar-refractivity contribution in [3.05, 3.63) is 194 Å². The van der Waals surface area contributed by atoms with E-state index in [1.807, 2.05) is 69.3 Å². The Balaban J connectivity index is 1.31. The molecule has 11 atom stereocenters. The smallest absolute Gasteiger partial charge is 0.308 e. The number of aromatic amines is 1. The molecule has 0 aliphatic carbocycles. The third-order valence-corrected chi connectivity index (χ3v) is 21.4. The lowest BCUT2D eigenvalue weighted by molar-refractivity contribution is -0.157. The molecule has 0 aliphatic heterocycles. The Bertz CT molecular complexity index is 5260. The van der Waals surface area contributed by atoms with Crippen LogP contribution in [0.3, 0.4) is 0 Å². The second-order valence-corrected chi connectivity index (χ2v) is 37.8. The molecule has 38 heteroatoms. The summed E-state index contributed by atoms with van der Waals surface area (Å²) in [5.74, 6) is -9.13. The van der Waals surface area contributed by atoms with E-state index in [4.69, 9.17) is 49.2 Å². The van der Waals surface area contributed by atoms with E-state index in [-0.39, 0.29) is 43.2 Å². The van der Waals surface area contributed by atoms with Crippen LogP contribution in [-0.2, 0) is 104 Å². The molecule has 137 heavy (non-hydrogen) atoms. The van der Waals surface area contributed by atoms with Crippen LogP contribution in [0, 0.1) is 19.7 Å². The molecule has 0 saturated heterocycles. The zero-order valence-electron chi connectivity index (χ0n) is 82.4. The molecule has 7 rings (SSSR count). The Labute approximate surface area is 800 Å². The highest BCUT2D eigenvalue weighted by Crippen LogP contribution is 2.36. The highest BCUT2D eigenvalue weighted by atomic mass is 19.1. The van der Waals surface area contributed by atoms with E-state index in [2.05, 4.69) is 83.8 Å². The first-order chi connectivity index (χ1) is 64.5. The molecule has 37 nitrogen and oxygen atoms in total. The predicted octanol–water partition coefficient (Wildman–Crippen LogP) is 8.93. The number of nitrogens with two attached hydrogens (primary N) is 1. The van der Waals surface area contributed by atoms with Crippen LogP contribution >= 0.6 is 0 Å². The number of benzene rings is 6. The summed E-state index contributed by atoms with van der Waals surface area (Å²) in [6.45, 7) is 29.0. The molecule has 0 fully saturated rings. The zero-order valence-corrected chi connectivity index (χ0v) is 82.4. The van der Waals surface area contributed by atoms with E-state index >= 15 is 38.0 Å². The molecule has 0 aliphatic rings. The van der Waals surface area contributed by atoms with Gasteiger partial charge in [-0.15, -0.1) is 10.2 Å². The van der Waals surface area contributed by atoms with Gasteiger partial charge < -0.3 is 96.8 Å². The van der Waals surface area contributed by atoms with Gasteiger partial charge >= 0.3 is 5.97 Å². The number of hydrogen-bond donors (Lipinski definition) is 12. The molecule has 7 aromatic rings. The summed E-state index contributed by atoms with van der Waals surface area (Å²) in [4.78, 5) is 167. The number of tetrazole rings is 1. The summed E-state index contributed by atoms with van der Waals surface area (Å²) < 4.78 is 64.2. The molecular weight excluding hydrogens is 1760 g/mol. The minimum Gasteiger partial charge on any atom is -0.497 e. The summed E-state index contributed by atoms with van der Waals surface area (Å²) in [6, 6.07) is 23.6. The van der Waals surface area contributed by atoms with Gasteiger partial charge in [0, 0.05) is 49.4 Å². The number of likely N-dealkylation sites (N-methyl/N-ethyl adjacent to an activating group) is 1. The van der Waals surface area contributed by atoms with Crippen molar-refractivity contribution >= 4 is 65.0 Å². The van der Waals surface area contributed by atoms with Gasteiger partial charge in [0.2, 0.25) is 53.2 Å². The minimum atomic E-state index is -2.28. The molecule has 10 amide bonds. The van der Waals surface area contributed by atoms with Crippen LogP contribution in [0.15, 0.2) is 133 Å². The van der Waals surface area contributed by atoms with E-state index in [0.29, 0.717) is 84.9 Å².